The molecule has 0 saturated carbocycles. The molecule has 0 bridgehead atoms. The van der Waals surface area contributed by atoms with Crippen LogP contribution in [0.15, 0.2) is 34.9 Å². The van der Waals surface area contributed by atoms with Gasteiger partial charge in [0.25, 0.3) is 10.0 Å². The van der Waals surface area contributed by atoms with Crippen molar-refractivity contribution < 1.29 is 8.42 Å². The van der Waals surface area contributed by atoms with Crippen molar-refractivity contribution in [2.24, 2.45) is 0 Å². The summed E-state index contributed by atoms with van der Waals surface area (Å²) < 4.78 is 27.1. The molecular formula is C11H14N4O2S2. The molecule has 2 aromatic heterocycles. The van der Waals surface area contributed by atoms with E-state index in [1.807, 2.05) is 6.92 Å². The Kier molecular flexibility index (Phi) is 4.13. The lowest BCUT2D eigenvalue weighted by atomic mass is 10.3. The number of nitrogens with zero attached hydrogens (tertiary/aromatic N) is 2. The van der Waals surface area contributed by atoms with Gasteiger partial charge in [0.05, 0.1) is 11.7 Å². The van der Waals surface area contributed by atoms with Gasteiger partial charge in [0.2, 0.25) is 0 Å². The van der Waals surface area contributed by atoms with Gasteiger partial charge in [0.15, 0.2) is 5.03 Å². The quantitative estimate of drug-likeness (QED) is 0.872. The molecule has 1 atom stereocenters. The van der Waals surface area contributed by atoms with E-state index in [-0.39, 0.29) is 16.8 Å². The number of rotatable bonds is 5. The predicted molar refractivity (Wildman–Crippen MR) is 74.1 cm³/mol. The minimum Gasteiger partial charge on any atom is -0.396 e. The second-order valence-electron chi connectivity index (χ2n) is 3.85. The largest absolute Gasteiger partial charge is 0.396 e. The molecular weight excluding hydrogens is 284 g/mol. The Bertz CT molecular complexity index is 640. The molecule has 102 valence electrons. The molecule has 6 nitrogen and oxygen atoms in total. The summed E-state index contributed by atoms with van der Waals surface area (Å²) >= 11 is 1.41. The van der Waals surface area contributed by atoms with E-state index in [1.165, 1.54) is 23.6 Å². The number of sulfonamides is 1. The minimum absolute atomic E-state index is 0.129. The maximum atomic E-state index is 12.2. The lowest BCUT2D eigenvalue weighted by Gasteiger charge is -2.14. The standard InChI is InChI=1S/C11H14N4O2S2/c1-2-9(10-13-6-7-18-10)15-19(16,17)11-8(12)4-3-5-14-11/h3-7,9,15H,2,12H2,1H3. The van der Waals surface area contributed by atoms with Crippen molar-refractivity contribution in [2.75, 3.05) is 5.73 Å². The van der Waals surface area contributed by atoms with Crippen LogP contribution in [0.5, 0.6) is 0 Å². The average molecular weight is 298 g/mol. The van der Waals surface area contributed by atoms with E-state index in [1.54, 1.807) is 17.6 Å². The van der Waals surface area contributed by atoms with Gasteiger partial charge in [-0.1, -0.05) is 6.92 Å². The molecule has 8 heteroatoms. The highest BCUT2D eigenvalue weighted by atomic mass is 32.2. The zero-order valence-corrected chi connectivity index (χ0v) is 11.9. The monoisotopic (exact) mass is 298 g/mol. The van der Waals surface area contributed by atoms with Crippen molar-refractivity contribution in [3.8, 4) is 0 Å². The van der Waals surface area contributed by atoms with Crippen LogP contribution in [-0.4, -0.2) is 18.4 Å². The second kappa shape index (κ2) is 5.64. The van der Waals surface area contributed by atoms with E-state index in [0.29, 0.717) is 6.42 Å². The molecule has 1 unspecified atom stereocenters. The van der Waals surface area contributed by atoms with Crippen molar-refractivity contribution in [1.29, 1.82) is 0 Å². The molecule has 0 spiro atoms. The minimum atomic E-state index is -3.75. The maximum absolute atomic E-state index is 12.2. The molecule has 2 aromatic rings. The predicted octanol–water partition coefficient (Wildman–Crippen LogP) is 1.55. The van der Waals surface area contributed by atoms with Crippen LogP contribution < -0.4 is 10.5 Å². The van der Waals surface area contributed by atoms with Crippen molar-refractivity contribution in [3.63, 3.8) is 0 Å². The number of aromatic nitrogens is 2. The molecule has 0 aliphatic carbocycles. The topological polar surface area (TPSA) is 98.0 Å². The number of hydrogen-bond donors (Lipinski definition) is 2. The van der Waals surface area contributed by atoms with Crippen LogP contribution in [0.1, 0.15) is 24.4 Å². The Morgan fingerprint density at radius 1 is 1.42 bits per heavy atom. The Morgan fingerprint density at radius 2 is 2.21 bits per heavy atom. The summed E-state index contributed by atoms with van der Waals surface area (Å²) in [7, 11) is -3.75. The smallest absolute Gasteiger partial charge is 0.260 e. The highest BCUT2D eigenvalue weighted by molar-refractivity contribution is 7.89. The van der Waals surface area contributed by atoms with Crippen LogP contribution in [0, 0.1) is 0 Å². The first-order valence-corrected chi connectivity index (χ1v) is 8.03. The molecule has 0 saturated heterocycles. The molecule has 2 heterocycles. The third kappa shape index (κ3) is 3.09. The number of thiazole rings is 1. The normalized spacial score (nSPS) is 13.3. The van der Waals surface area contributed by atoms with Crippen molar-refractivity contribution >= 4 is 27.0 Å². The highest BCUT2D eigenvalue weighted by Gasteiger charge is 2.24. The fourth-order valence-electron chi connectivity index (χ4n) is 1.59. The van der Waals surface area contributed by atoms with Gasteiger partial charge in [-0.15, -0.1) is 11.3 Å². The molecule has 0 fully saturated rings. The van der Waals surface area contributed by atoms with Gasteiger partial charge >= 0.3 is 0 Å². The molecule has 0 aliphatic heterocycles. The van der Waals surface area contributed by atoms with Crippen LogP contribution in [-0.2, 0) is 10.0 Å². The summed E-state index contributed by atoms with van der Waals surface area (Å²) in [5, 5.41) is 2.38. The highest BCUT2D eigenvalue weighted by Crippen LogP contribution is 2.22. The number of nitrogens with one attached hydrogen (secondary N) is 1. The summed E-state index contributed by atoms with van der Waals surface area (Å²) in [6, 6.07) is 2.73. The Balaban J connectivity index is 2.29. The van der Waals surface area contributed by atoms with Crippen LogP contribution in [0.2, 0.25) is 0 Å². The van der Waals surface area contributed by atoms with Gasteiger partial charge in [0.1, 0.15) is 5.01 Å². The third-order valence-electron chi connectivity index (χ3n) is 2.51. The molecule has 0 aromatic carbocycles. The first kappa shape index (κ1) is 13.9. The van der Waals surface area contributed by atoms with Crippen LogP contribution in [0.25, 0.3) is 0 Å². The zero-order chi connectivity index (χ0) is 13.9. The first-order chi connectivity index (χ1) is 9.04. The van der Waals surface area contributed by atoms with Crippen molar-refractivity contribution in [1.82, 2.24) is 14.7 Å². The van der Waals surface area contributed by atoms with Crippen LogP contribution in [0.4, 0.5) is 5.69 Å². The number of anilines is 1. The lowest BCUT2D eigenvalue weighted by molar-refractivity contribution is 0.546. The molecule has 0 amide bonds. The molecule has 3 N–H and O–H groups in total. The van der Waals surface area contributed by atoms with Gasteiger partial charge in [-0.05, 0) is 18.6 Å². The molecule has 0 radical (unpaired) electrons. The maximum Gasteiger partial charge on any atom is 0.260 e. The van der Waals surface area contributed by atoms with E-state index in [0.717, 1.165) is 5.01 Å². The number of pyridine rings is 1. The summed E-state index contributed by atoms with van der Waals surface area (Å²) in [6.45, 7) is 1.89. The number of nitrogen functional groups attached to an aromatic ring is 1. The van der Waals surface area contributed by atoms with E-state index in [4.69, 9.17) is 5.73 Å². The summed E-state index contributed by atoms with van der Waals surface area (Å²) in [4.78, 5) is 7.95. The fraction of sp³-hybridized carbons (Fsp3) is 0.273. The fourth-order valence-corrected chi connectivity index (χ4v) is 3.78. The van der Waals surface area contributed by atoms with Crippen molar-refractivity contribution in [3.05, 3.63) is 34.9 Å². The summed E-state index contributed by atoms with van der Waals surface area (Å²) in [5.74, 6) is 0. The van der Waals surface area contributed by atoms with Gasteiger partial charge in [-0.2, -0.15) is 4.72 Å². The van der Waals surface area contributed by atoms with Crippen molar-refractivity contribution in [2.45, 2.75) is 24.4 Å². The Labute approximate surface area is 115 Å². The van der Waals surface area contributed by atoms with E-state index in [2.05, 4.69) is 14.7 Å². The van der Waals surface area contributed by atoms with E-state index in [9.17, 15) is 8.42 Å². The Hall–Kier alpha value is -1.51. The van der Waals surface area contributed by atoms with Crippen LogP contribution in [0.3, 0.4) is 0 Å². The zero-order valence-electron chi connectivity index (χ0n) is 10.3. The van der Waals surface area contributed by atoms with Gasteiger partial charge in [0, 0.05) is 17.8 Å². The molecule has 0 aliphatic rings. The second-order valence-corrected chi connectivity index (χ2v) is 6.41. The van der Waals surface area contributed by atoms with Crippen LogP contribution >= 0.6 is 11.3 Å². The number of nitrogens with two attached hydrogens (primary N) is 1. The number of hydrogen-bond acceptors (Lipinski definition) is 6. The van der Waals surface area contributed by atoms with Gasteiger partial charge < -0.3 is 5.73 Å². The van der Waals surface area contributed by atoms with E-state index >= 15 is 0 Å². The molecule has 2 rings (SSSR count). The third-order valence-corrected chi connectivity index (χ3v) is 4.84. The Morgan fingerprint density at radius 3 is 2.79 bits per heavy atom. The first-order valence-electron chi connectivity index (χ1n) is 5.67. The summed E-state index contributed by atoms with van der Waals surface area (Å²) in [6.07, 6.45) is 3.64. The summed E-state index contributed by atoms with van der Waals surface area (Å²) in [5.41, 5.74) is 5.78. The van der Waals surface area contributed by atoms with Gasteiger partial charge in [-0.25, -0.2) is 18.4 Å². The average Bonchev–Trinajstić information content (AvgIpc) is 2.90. The molecule has 19 heavy (non-hydrogen) atoms. The van der Waals surface area contributed by atoms with E-state index < -0.39 is 10.0 Å². The van der Waals surface area contributed by atoms with Gasteiger partial charge in [-0.3, -0.25) is 0 Å². The SMILES string of the molecule is CCC(NS(=O)(=O)c1ncccc1N)c1nccs1. The lowest BCUT2D eigenvalue weighted by Crippen LogP contribution is -2.29.